The lowest BCUT2D eigenvalue weighted by molar-refractivity contribution is 0.103. The molecule has 0 saturated heterocycles. The van der Waals surface area contributed by atoms with E-state index in [0.717, 1.165) is 0 Å². The van der Waals surface area contributed by atoms with E-state index in [1.807, 2.05) is 6.07 Å². The van der Waals surface area contributed by atoms with Gasteiger partial charge in [0.1, 0.15) is 17.8 Å². The summed E-state index contributed by atoms with van der Waals surface area (Å²) >= 11 is 0. The summed E-state index contributed by atoms with van der Waals surface area (Å²) in [6, 6.07) is 20.9. The average molecular weight is 418 g/mol. The third-order valence-corrected chi connectivity index (χ3v) is 4.06. The number of benzene rings is 3. The minimum atomic E-state index is -0.794. The molecule has 0 bridgehead atoms. The molecule has 0 spiro atoms. The van der Waals surface area contributed by atoms with Gasteiger partial charge < -0.3 is 20.1 Å². The zero-order chi connectivity index (χ0) is 22.1. The molecular weight excluding hydrogens is 400 g/mol. The second kappa shape index (κ2) is 10.4. The van der Waals surface area contributed by atoms with Crippen molar-refractivity contribution in [2.45, 2.75) is 0 Å². The van der Waals surface area contributed by atoms with Crippen LogP contribution < -0.4 is 20.1 Å². The zero-order valence-corrected chi connectivity index (χ0v) is 16.2. The fraction of sp³-hybridized carbons (Fsp3) is 0.0435. The molecule has 2 amide bonds. The highest BCUT2D eigenvalue weighted by Gasteiger charge is 2.10. The lowest BCUT2D eigenvalue weighted by Gasteiger charge is -2.09. The molecule has 3 aromatic rings. The van der Waals surface area contributed by atoms with Crippen molar-refractivity contribution in [3.05, 3.63) is 95.6 Å². The average Bonchev–Trinajstić information content (AvgIpc) is 2.80. The second-order valence-corrected chi connectivity index (χ2v) is 6.22. The molecule has 0 fully saturated rings. The number of aldehydes is 1. The van der Waals surface area contributed by atoms with Gasteiger partial charge in [0.2, 0.25) is 0 Å². The number of ether oxygens (including phenoxy) is 2. The van der Waals surface area contributed by atoms with Gasteiger partial charge in [-0.1, -0.05) is 30.3 Å². The number of amides is 2. The van der Waals surface area contributed by atoms with Crippen LogP contribution >= 0.6 is 0 Å². The van der Waals surface area contributed by atoms with Crippen molar-refractivity contribution < 1.29 is 28.7 Å². The third-order valence-electron chi connectivity index (χ3n) is 4.06. The van der Waals surface area contributed by atoms with E-state index in [-0.39, 0.29) is 24.0 Å². The maximum atomic E-state index is 12.4. The Morgan fingerprint density at radius 1 is 0.677 bits per heavy atom. The van der Waals surface area contributed by atoms with Crippen LogP contribution in [0.5, 0.6) is 11.5 Å². The Labute approximate surface area is 177 Å². The molecule has 0 unspecified atom stereocenters. The van der Waals surface area contributed by atoms with Gasteiger partial charge in [-0.15, -0.1) is 0 Å². The Hall–Kier alpha value is -4.46. The van der Waals surface area contributed by atoms with E-state index in [2.05, 4.69) is 10.6 Å². The van der Waals surface area contributed by atoms with Crippen LogP contribution in [-0.4, -0.2) is 30.9 Å². The highest BCUT2D eigenvalue weighted by atomic mass is 16.6. The van der Waals surface area contributed by atoms with Gasteiger partial charge in [-0.25, -0.2) is 9.59 Å². The van der Waals surface area contributed by atoms with Crippen LogP contribution in [0.25, 0.3) is 0 Å². The minimum Gasteiger partial charge on any atom is -0.410 e. The molecule has 3 aromatic carbocycles. The van der Waals surface area contributed by atoms with Crippen molar-refractivity contribution in [2.24, 2.45) is 0 Å². The minimum absolute atomic E-state index is 0.139. The summed E-state index contributed by atoms with van der Waals surface area (Å²) in [6.45, 7) is -0.228. The van der Waals surface area contributed by atoms with Crippen LogP contribution in [0.4, 0.5) is 9.59 Å². The summed E-state index contributed by atoms with van der Waals surface area (Å²) in [4.78, 5) is 46.5. The largest absolute Gasteiger partial charge is 0.413 e. The van der Waals surface area contributed by atoms with E-state index < -0.39 is 12.2 Å². The Morgan fingerprint density at radius 3 is 1.68 bits per heavy atom. The van der Waals surface area contributed by atoms with Crippen LogP contribution in [0.2, 0.25) is 0 Å². The number of ketones is 1. The van der Waals surface area contributed by atoms with Crippen LogP contribution in [0.15, 0.2) is 78.9 Å². The molecule has 8 heteroatoms. The van der Waals surface area contributed by atoms with Crippen molar-refractivity contribution >= 4 is 24.3 Å². The van der Waals surface area contributed by atoms with Crippen molar-refractivity contribution in [2.75, 3.05) is 6.67 Å². The molecule has 0 aliphatic carbocycles. The predicted molar refractivity (Wildman–Crippen MR) is 111 cm³/mol. The van der Waals surface area contributed by atoms with Crippen LogP contribution in [0.1, 0.15) is 26.3 Å². The first kappa shape index (κ1) is 21.3. The van der Waals surface area contributed by atoms with E-state index >= 15 is 0 Å². The highest BCUT2D eigenvalue weighted by Crippen LogP contribution is 2.15. The summed E-state index contributed by atoms with van der Waals surface area (Å²) in [5, 5.41) is 4.67. The number of carbonyl (C=O) groups excluding carboxylic acids is 4. The van der Waals surface area contributed by atoms with E-state index in [1.54, 1.807) is 36.4 Å². The molecule has 0 aliphatic rings. The number of carbonyl (C=O) groups is 4. The van der Waals surface area contributed by atoms with Crippen molar-refractivity contribution in [1.29, 1.82) is 0 Å². The molecular formula is C23H18N2O6. The van der Waals surface area contributed by atoms with Crippen LogP contribution in [0, 0.1) is 0 Å². The second-order valence-electron chi connectivity index (χ2n) is 6.22. The van der Waals surface area contributed by atoms with Gasteiger partial charge in [-0.3, -0.25) is 9.59 Å². The van der Waals surface area contributed by atoms with Crippen molar-refractivity contribution in [3.8, 4) is 11.5 Å². The highest BCUT2D eigenvalue weighted by molar-refractivity contribution is 6.09. The van der Waals surface area contributed by atoms with E-state index in [9.17, 15) is 19.2 Å². The summed E-state index contributed by atoms with van der Waals surface area (Å²) < 4.78 is 10.1. The zero-order valence-electron chi connectivity index (χ0n) is 16.2. The normalized spacial score (nSPS) is 9.94. The van der Waals surface area contributed by atoms with Gasteiger partial charge in [0.15, 0.2) is 5.78 Å². The third kappa shape index (κ3) is 6.26. The fourth-order valence-corrected chi connectivity index (χ4v) is 2.52. The molecule has 0 saturated carbocycles. The number of nitrogens with one attached hydrogen (secondary N) is 2. The number of rotatable bonds is 7. The molecule has 0 aliphatic heterocycles. The van der Waals surface area contributed by atoms with Gasteiger partial charge in [0.05, 0.1) is 6.67 Å². The summed E-state index contributed by atoms with van der Waals surface area (Å²) in [5.74, 6) is 0.343. The maximum Gasteiger partial charge on any atom is 0.413 e. The molecule has 0 aromatic heterocycles. The monoisotopic (exact) mass is 418 g/mol. The Bertz CT molecular complexity index is 1060. The summed E-state index contributed by atoms with van der Waals surface area (Å²) in [7, 11) is 0. The smallest absolute Gasteiger partial charge is 0.410 e. The van der Waals surface area contributed by atoms with Gasteiger partial charge in [0.25, 0.3) is 0 Å². The van der Waals surface area contributed by atoms with E-state index in [1.165, 1.54) is 36.4 Å². The first-order valence-corrected chi connectivity index (χ1v) is 9.21. The molecule has 3 rings (SSSR count). The van der Waals surface area contributed by atoms with Crippen molar-refractivity contribution in [3.63, 3.8) is 0 Å². The summed E-state index contributed by atoms with van der Waals surface area (Å²) in [6.07, 6.45) is -0.908. The first-order valence-electron chi connectivity index (χ1n) is 9.21. The van der Waals surface area contributed by atoms with Gasteiger partial charge in [-0.05, 0) is 48.5 Å². The molecule has 31 heavy (non-hydrogen) atoms. The number of hydrogen-bond acceptors (Lipinski definition) is 6. The molecule has 0 atom stereocenters. The Kier molecular flexibility index (Phi) is 7.10. The lowest BCUT2D eigenvalue weighted by Crippen LogP contribution is -2.39. The summed E-state index contributed by atoms with van der Waals surface area (Å²) in [5.41, 5.74) is 1.48. The predicted octanol–water partition coefficient (Wildman–Crippen LogP) is 3.56. The topological polar surface area (TPSA) is 111 Å². The number of hydrogen-bond donors (Lipinski definition) is 2. The SMILES string of the molecule is O=Cc1ccc(OC(=O)NCNC(=O)Oc2ccc(C(=O)c3ccccc3)cc2)cc1. The van der Waals surface area contributed by atoms with Crippen LogP contribution in [-0.2, 0) is 0 Å². The Balaban J connectivity index is 1.42. The maximum absolute atomic E-state index is 12.4. The van der Waals surface area contributed by atoms with Gasteiger partial charge >= 0.3 is 12.2 Å². The Morgan fingerprint density at radius 2 is 1.16 bits per heavy atom. The molecule has 156 valence electrons. The van der Waals surface area contributed by atoms with Gasteiger partial charge in [-0.2, -0.15) is 0 Å². The quantitative estimate of drug-likeness (QED) is 0.345. The molecule has 0 radical (unpaired) electrons. The van der Waals surface area contributed by atoms with Gasteiger partial charge in [0, 0.05) is 16.7 Å². The molecule has 8 nitrogen and oxygen atoms in total. The molecule has 0 heterocycles. The van der Waals surface area contributed by atoms with Crippen molar-refractivity contribution in [1.82, 2.24) is 10.6 Å². The van der Waals surface area contributed by atoms with Crippen LogP contribution in [0.3, 0.4) is 0 Å². The standard InChI is InChI=1S/C23H18N2O6/c26-14-16-6-10-19(11-7-16)30-22(28)24-15-25-23(29)31-20-12-8-18(9-13-20)21(27)17-4-2-1-3-5-17/h1-14H,15H2,(H,24,28)(H,25,29). The lowest BCUT2D eigenvalue weighted by atomic mass is 10.0. The van der Waals surface area contributed by atoms with E-state index in [0.29, 0.717) is 23.0 Å². The first-order chi connectivity index (χ1) is 15.0. The molecule has 2 N–H and O–H groups in total. The van der Waals surface area contributed by atoms with E-state index in [4.69, 9.17) is 9.47 Å². The fourth-order valence-electron chi connectivity index (χ4n) is 2.52.